The fourth-order valence-electron chi connectivity index (χ4n) is 4.23. The summed E-state index contributed by atoms with van der Waals surface area (Å²) < 4.78 is 78.5. The molecule has 14 heteroatoms. The van der Waals surface area contributed by atoms with Crippen molar-refractivity contribution in [3.05, 3.63) is 35.3 Å². The summed E-state index contributed by atoms with van der Waals surface area (Å²) in [5, 5.41) is 7.92. The number of pyridine rings is 1. The van der Waals surface area contributed by atoms with Crippen molar-refractivity contribution < 1.29 is 30.8 Å². The smallest absolute Gasteiger partial charge is 0.361 e. The number of aromatic nitrogens is 6. The van der Waals surface area contributed by atoms with Crippen LogP contribution < -0.4 is 0 Å². The molecule has 1 aliphatic heterocycles. The Bertz CT molecular complexity index is 1550. The maximum atomic E-state index is 13.9. The maximum absolute atomic E-state index is 13.9. The number of sulfone groups is 1. The van der Waals surface area contributed by atoms with E-state index in [-0.39, 0.29) is 16.7 Å². The first kappa shape index (κ1) is 24.3. The second kappa shape index (κ2) is 8.62. The highest BCUT2D eigenvalue weighted by molar-refractivity contribution is 7.90. The molecule has 0 amide bonds. The molecule has 1 unspecified atom stereocenters. The molecule has 1 fully saturated rings. The van der Waals surface area contributed by atoms with Crippen molar-refractivity contribution in [3.63, 3.8) is 0 Å². The summed E-state index contributed by atoms with van der Waals surface area (Å²) in [5.41, 5.74) is 0.00213. The third-order valence-electron chi connectivity index (χ3n) is 5.90. The van der Waals surface area contributed by atoms with Crippen LogP contribution in [0.5, 0.6) is 0 Å². The summed E-state index contributed by atoms with van der Waals surface area (Å²) in [5.74, 6) is 0.535. The standard InChI is InChI=1S/C22H21F3N6O4S/c1-11-17(12(2)35-30-11)15-8-7-13-18(29-31(20(13)27-15)16-6-4-5-9-34-16)19-14(22(23,24)25)10-26-21(28-19)36(3,32)33/h7-8,10,16H,4-6,9H2,1-3H3. The van der Waals surface area contributed by atoms with E-state index in [4.69, 9.17) is 14.2 Å². The molecule has 10 nitrogen and oxygen atoms in total. The van der Waals surface area contributed by atoms with Crippen LogP contribution in [-0.4, -0.2) is 51.2 Å². The first-order chi connectivity index (χ1) is 16.9. The molecule has 0 aromatic carbocycles. The van der Waals surface area contributed by atoms with E-state index < -0.39 is 38.7 Å². The van der Waals surface area contributed by atoms with Gasteiger partial charge in [0.1, 0.15) is 22.7 Å². The van der Waals surface area contributed by atoms with Crippen molar-refractivity contribution in [1.29, 1.82) is 0 Å². The van der Waals surface area contributed by atoms with E-state index in [9.17, 15) is 21.6 Å². The van der Waals surface area contributed by atoms with E-state index in [1.807, 2.05) is 0 Å². The molecule has 5 heterocycles. The highest BCUT2D eigenvalue weighted by Crippen LogP contribution is 2.40. The van der Waals surface area contributed by atoms with Gasteiger partial charge in [0.2, 0.25) is 15.0 Å². The van der Waals surface area contributed by atoms with E-state index in [2.05, 4.69) is 20.2 Å². The van der Waals surface area contributed by atoms with Crippen molar-refractivity contribution in [2.75, 3.05) is 12.9 Å². The van der Waals surface area contributed by atoms with E-state index in [1.165, 1.54) is 4.68 Å². The minimum atomic E-state index is -4.85. The molecule has 0 saturated carbocycles. The summed E-state index contributed by atoms with van der Waals surface area (Å²) >= 11 is 0. The first-order valence-electron chi connectivity index (χ1n) is 11.0. The monoisotopic (exact) mass is 522 g/mol. The molecule has 36 heavy (non-hydrogen) atoms. The number of rotatable bonds is 4. The summed E-state index contributed by atoms with van der Waals surface area (Å²) in [7, 11) is -3.99. The summed E-state index contributed by atoms with van der Waals surface area (Å²) in [6.45, 7) is 3.95. The summed E-state index contributed by atoms with van der Waals surface area (Å²) in [6.07, 6.45) is -1.86. The van der Waals surface area contributed by atoms with Gasteiger partial charge in [-0.15, -0.1) is 0 Å². The van der Waals surface area contributed by atoms with Crippen molar-refractivity contribution in [2.24, 2.45) is 0 Å². The largest absolute Gasteiger partial charge is 0.420 e. The lowest BCUT2D eigenvalue weighted by Gasteiger charge is -2.23. The lowest BCUT2D eigenvalue weighted by Crippen LogP contribution is -2.19. The lowest BCUT2D eigenvalue weighted by molar-refractivity contribution is -0.137. The van der Waals surface area contributed by atoms with Crippen LogP contribution in [0.3, 0.4) is 0 Å². The molecule has 0 spiro atoms. The predicted octanol–water partition coefficient (Wildman–Crippen LogP) is 4.28. The average Bonchev–Trinajstić information content (AvgIpc) is 3.37. The van der Waals surface area contributed by atoms with Gasteiger partial charge < -0.3 is 9.26 Å². The second-order valence-corrected chi connectivity index (χ2v) is 10.5. The van der Waals surface area contributed by atoms with Crippen LogP contribution >= 0.6 is 0 Å². The van der Waals surface area contributed by atoms with Crippen molar-refractivity contribution in [3.8, 4) is 22.6 Å². The molecule has 4 aromatic heterocycles. The molecule has 1 saturated heterocycles. The Morgan fingerprint density at radius 3 is 2.50 bits per heavy atom. The minimum absolute atomic E-state index is 0.170. The predicted molar refractivity (Wildman–Crippen MR) is 120 cm³/mol. The molecule has 4 aromatic rings. The number of aryl methyl sites for hydroxylation is 2. The van der Waals surface area contributed by atoms with Gasteiger partial charge in [0, 0.05) is 24.4 Å². The normalized spacial score (nSPS) is 17.1. The van der Waals surface area contributed by atoms with Crippen LogP contribution in [0, 0.1) is 13.8 Å². The van der Waals surface area contributed by atoms with Gasteiger partial charge in [-0.05, 0) is 45.2 Å². The van der Waals surface area contributed by atoms with Gasteiger partial charge in [-0.25, -0.2) is 28.1 Å². The number of halogens is 3. The Hall–Kier alpha value is -3.39. The third-order valence-corrected chi connectivity index (χ3v) is 6.76. The van der Waals surface area contributed by atoms with E-state index in [0.717, 1.165) is 19.1 Å². The molecule has 5 rings (SSSR count). The molecule has 0 N–H and O–H groups in total. The molecule has 190 valence electrons. The molecular formula is C22H21F3N6O4S. The zero-order valence-electron chi connectivity index (χ0n) is 19.5. The van der Waals surface area contributed by atoms with Crippen LogP contribution in [0.25, 0.3) is 33.7 Å². The highest BCUT2D eigenvalue weighted by Gasteiger charge is 2.38. The molecule has 0 aliphatic carbocycles. The number of fused-ring (bicyclic) bond motifs is 1. The van der Waals surface area contributed by atoms with E-state index in [0.29, 0.717) is 41.9 Å². The Morgan fingerprint density at radius 2 is 1.89 bits per heavy atom. The van der Waals surface area contributed by atoms with Gasteiger partial charge in [0.05, 0.1) is 17.0 Å². The van der Waals surface area contributed by atoms with Crippen LogP contribution in [0.15, 0.2) is 28.0 Å². The summed E-state index contributed by atoms with van der Waals surface area (Å²) in [4.78, 5) is 11.9. The Labute approximate surface area is 203 Å². The van der Waals surface area contributed by atoms with Crippen LogP contribution in [0.4, 0.5) is 13.2 Å². The molecule has 0 radical (unpaired) electrons. The van der Waals surface area contributed by atoms with Gasteiger partial charge in [0.25, 0.3) is 0 Å². The van der Waals surface area contributed by atoms with Crippen molar-refractivity contribution in [1.82, 2.24) is 29.9 Å². The van der Waals surface area contributed by atoms with Crippen LogP contribution in [0.2, 0.25) is 0 Å². The zero-order valence-corrected chi connectivity index (χ0v) is 20.3. The fourth-order valence-corrected chi connectivity index (χ4v) is 4.73. The van der Waals surface area contributed by atoms with Crippen LogP contribution in [0.1, 0.15) is 42.5 Å². The fraction of sp³-hybridized carbons (Fsp3) is 0.409. The minimum Gasteiger partial charge on any atom is -0.361 e. The lowest BCUT2D eigenvalue weighted by atomic mass is 10.1. The maximum Gasteiger partial charge on any atom is 0.420 e. The van der Waals surface area contributed by atoms with Crippen molar-refractivity contribution >= 4 is 20.9 Å². The molecule has 1 atom stereocenters. The van der Waals surface area contributed by atoms with Gasteiger partial charge in [0.15, 0.2) is 11.9 Å². The van der Waals surface area contributed by atoms with Gasteiger partial charge >= 0.3 is 6.18 Å². The number of hydrogen-bond acceptors (Lipinski definition) is 9. The van der Waals surface area contributed by atoms with Crippen LogP contribution in [-0.2, 0) is 20.8 Å². The second-order valence-electron chi connectivity index (χ2n) is 8.57. The van der Waals surface area contributed by atoms with Gasteiger partial charge in [-0.2, -0.15) is 18.3 Å². The van der Waals surface area contributed by atoms with Gasteiger partial charge in [-0.3, -0.25) is 0 Å². The number of nitrogens with zero attached hydrogens (tertiary/aromatic N) is 6. The number of hydrogen-bond donors (Lipinski definition) is 0. The average molecular weight is 523 g/mol. The number of alkyl halides is 3. The topological polar surface area (TPSA) is 126 Å². The number of ether oxygens (including phenoxy) is 1. The Kier molecular flexibility index (Phi) is 5.82. The van der Waals surface area contributed by atoms with E-state index >= 15 is 0 Å². The first-order valence-corrected chi connectivity index (χ1v) is 12.9. The Balaban J connectivity index is 1.80. The molecule has 1 aliphatic rings. The van der Waals surface area contributed by atoms with Gasteiger partial charge in [-0.1, -0.05) is 5.16 Å². The molecular weight excluding hydrogens is 501 g/mol. The zero-order chi connectivity index (χ0) is 25.8. The molecule has 0 bridgehead atoms. The SMILES string of the molecule is Cc1noc(C)c1-c1ccc2c(-c3nc(S(C)(=O)=O)ncc3C(F)(F)F)nn(C3CCCCO3)c2n1. The summed E-state index contributed by atoms with van der Waals surface area (Å²) in [6, 6.07) is 3.20. The van der Waals surface area contributed by atoms with Crippen molar-refractivity contribution in [2.45, 2.75) is 50.7 Å². The highest BCUT2D eigenvalue weighted by atomic mass is 32.2. The van der Waals surface area contributed by atoms with E-state index in [1.54, 1.807) is 26.0 Å². The third kappa shape index (κ3) is 4.23. The quantitative estimate of drug-likeness (QED) is 0.361. The Morgan fingerprint density at radius 1 is 1.11 bits per heavy atom.